The van der Waals surface area contributed by atoms with Crippen LogP contribution in [0.2, 0.25) is 0 Å². The maximum Gasteiger partial charge on any atom is 0.141 e. The molecule has 1 aromatic heterocycles. The zero-order valence-corrected chi connectivity index (χ0v) is 6.36. The van der Waals surface area contributed by atoms with E-state index in [1.54, 1.807) is 18.3 Å². The van der Waals surface area contributed by atoms with Crippen molar-refractivity contribution in [1.82, 2.24) is 4.98 Å². The number of nitrogens with one attached hydrogen (secondary N) is 1. The second-order valence-corrected chi connectivity index (χ2v) is 1.71. The minimum Gasteiger partial charge on any atom is -0.390 e. The van der Waals surface area contributed by atoms with Gasteiger partial charge in [-0.15, -0.1) is 0 Å². The van der Waals surface area contributed by atoms with E-state index in [9.17, 15) is 0 Å². The number of nitrogens with zero attached hydrogens (tertiary/aromatic N) is 2. The summed E-state index contributed by atoms with van der Waals surface area (Å²) in [6, 6.07) is 5.21. The van der Waals surface area contributed by atoms with Gasteiger partial charge in [-0.1, -0.05) is 0 Å². The highest BCUT2D eigenvalue weighted by atomic mass is 14.8. The fourth-order valence-electron chi connectivity index (χ4n) is 0.512. The number of nitrogens with two attached hydrogens (primary N) is 2. The van der Waals surface area contributed by atoms with Gasteiger partial charge in [-0.25, -0.2) is 4.98 Å². The average Bonchev–Trinajstić information content (AvgIpc) is 2.07. The summed E-state index contributed by atoms with van der Waals surface area (Å²) >= 11 is 0. The summed E-state index contributed by atoms with van der Waals surface area (Å²) < 4.78 is 0. The average molecular weight is 163 g/mol. The predicted octanol–water partition coefficient (Wildman–Crippen LogP) is 0.0877. The largest absolute Gasteiger partial charge is 0.390 e. The van der Waals surface area contributed by atoms with Crippen LogP contribution in [0.15, 0.2) is 18.3 Å². The predicted molar refractivity (Wildman–Crippen MR) is 46.3 cm³/mol. The molecule has 0 aliphatic heterocycles. The van der Waals surface area contributed by atoms with Crippen molar-refractivity contribution in [2.45, 2.75) is 0 Å². The first kappa shape index (κ1) is 9.91. The first-order chi connectivity index (χ1) is 5.76. The Labute approximate surface area is 70.1 Å². The van der Waals surface area contributed by atoms with Crippen LogP contribution in [0, 0.1) is 16.7 Å². The van der Waals surface area contributed by atoms with E-state index in [0.29, 0.717) is 11.4 Å². The first-order valence-electron chi connectivity index (χ1n) is 3.07. The molecule has 0 saturated heterocycles. The van der Waals surface area contributed by atoms with E-state index in [1.807, 2.05) is 6.07 Å². The van der Waals surface area contributed by atoms with E-state index in [2.05, 4.69) is 10.7 Å². The van der Waals surface area contributed by atoms with Crippen molar-refractivity contribution < 1.29 is 0 Å². The maximum atomic E-state index is 8.35. The summed E-state index contributed by atoms with van der Waals surface area (Å²) in [6.07, 6.45) is 2.30. The van der Waals surface area contributed by atoms with Gasteiger partial charge in [0.1, 0.15) is 11.9 Å². The summed E-state index contributed by atoms with van der Waals surface area (Å²) in [5, 5.41) is 14.2. The Hall–Kier alpha value is -2.09. The van der Waals surface area contributed by atoms with Gasteiger partial charge in [-0.2, -0.15) is 5.26 Å². The maximum absolute atomic E-state index is 8.35. The number of hydrogen-bond donors (Lipinski definition) is 3. The summed E-state index contributed by atoms with van der Waals surface area (Å²) in [5.74, 6) is 0.292. The van der Waals surface area contributed by atoms with Gasteiger partial charge in [0.25, 0.3) is 0 Å². The van der Waals surface area contributed by atoms with E-state index < -0.39 is 0 Å². The Bertz CT molecular complexity index is 288. The van der Waals surface area contributed by atoms with Crippen LogP contribution in [0.25, 0.3) is 0 Å². The van der Waals surface area contributed by atoms with Gasteiger partial charge in [0, 0.05) is 6.20 Å². The molecule has 5 N–H and O–H groups in total. The molecule has 0 aliphatic carbocycles. The van der Waals surface area contributed by atoms with Crippen LogP contribution >= 0.6 is 0 Å². The molecule has 0 aromatic carbocycles. The molecule has 1 heterocycles. The molecule has 5 heteroatoms. The quantitative estimate of drug-likeness (QED) is 0.371. The number of rotatable bonds is 0. The molecule has 1 rings (SSSR count). The third-order valence-corrected chi connectivity index (χ3v) is 0.959. The van der Waals surface area contributed by atoms with E-state index >= 15 is 0 Å². The topological polar surface area (TPSA) is 113 Å². The molecule has 0 amide bonds. The van der Waals surface area contributed by atoms with Gasteiger partial charge < -0.3 is 11.5 Å². The van der Waals surface area contributed by atoms with Gasteiger partial charge in [0.05, 0.1) is 11.9 Å². The zero-order chi connectivity index (χ0) is 9.40. The van der Waals surface area contributed by atoms with Gasteiger partial charge in [-0.05, 0) is 12.1 Å². The number of hydrogen-bond acceptors (Lipinski definition) is 4. The van der Waals surface area contributed by atoms with E-state index in [-0.39, 0.29) is 0 Å². The van der Waals surface area contributed by atoms with Gasteiger partial charge in [-0.3, -0.25) is 5.41 Å². The molecular weight excluding hydrogens is 154 g/mol. The fraction of sp³-hybridized carbons (Fsp3) is 0. The monoisotopic (exact) mass is 163 g/mol. The molecule has 0 saturated carbocycles. The highest BCUT2D eigenvalue weighted by molar-refractivity contribution is 5.47. The third kappa shape index (κ3) is 3.17. The normalized spacial score (nSPS) is 7.25. The highest BCUT2D eigenvalue weighted by Gasteiger charge is 1.92. The Morgan fingerprint density at radius 3 is 2.58 bits per heavy atom. The van der Waals surface area contributed by atoms with Crippen molar-refractivity contribution in [1.29, 1.82) is 10.7 Å². The zero-order valence-electron chi connectivity index (χ0n) is 6.36. The van der Waals surface area contributed by atoms with Crippen molar-refractivity contribution >= 4 is 12.2 Å². The van der Waals surface area contributed by atoms with Crippen LogP contribution in [0.4, 0.5) is 5.82 Å². The van der Waals surface area contributed by atoms with Gasteiger partial charge in [0.2, 0.25) is 0 Å². The number of anilines is 1. The number of pyridine rings is 1. The third-order valence-electron chi connectivity index (χ3n) is 0.959. The Morgan fingerprint density at radius 2 is 2.25 bits per heavy atom. The van der Waals surface area contributed by atoms with Crippen LogP contribution in [-0.4, -0.2) is 11.3 Å². The van der Waals surface area contributed by atoms with Gasteiger partial charge in [0.15, 0.2) is 0 Å². The van der Waals surface area contributed by atoms with E-state index in [1.165, 1.54) is 0 Å². The molecule has 1 aromatic rings. The number of nitrogen functional groups attached to an aromatic ring is 1. The van der Waals surface area contributed by atoms with Crippen molar-refractivity contribution in [3.05, 3.63) is 23.9 Å². The van der Waals surface area contributed by atoms with Crippen LogP contribution in [-0.2, 0) is 0 Å². The lowest BCUT2D eigenvalue weighted by molar-refractivity contribution is 1.31. The SMILES string of the molecule is N#Cc1cccnc1N.N=CN. The van der Waals surface area contributed by atoms with Crippen molar-refractivity contribution in [2.75, 3.05) is 5.73 Å². The van der Waals surface area contributed by atoms with Crippen molar-refractivity contribution in [3.63, 3.8) is 0 Å². The Morgan fingerprint density at radius 1 is 1.67 bits per heavy atom. The van der Waals surface area contributed by atoms with Crippen LogP contribution < -0.4 is 11.5 Å². The summed E-state index contributed by atoms with van der Waals surface area (Å²) in [5.41, 5.74) is 10.1. The highest BCUT2D eigenvalue weighted by Crippen LogP contribution is 2.02. The van der Waals surface area contributed by atoms with Crippen LogP contribution in [0.1, 0.15) is 5.56 Å². The minimum atomic E-state index is 0.292. The van der Waals surface area contributed by atoms with E-state index in [4.69, 9.17) is 16.4 Å². The Kier molecular flexibility index (Phi) is 4.69. The molecular formula is C7H9N5. The molecule has 62 valence electrons. The van der Waals surface area contributed by atoms with Crippen molar-refractivity contribution in [3.8, 4) is 6.07 Å². The fourth-order valence-corrected chi connectivity index (χ4v) is 0.512. The molecule has 5 nitrogen and oxygen atoms in total. The van der Waals surface area contributed by atoms with Gasteiger partial charge >= 0.3 is 0 Å². The number of nitriles is 1. The van der Waals surface area contributed by atoms with Crippen LogP contribution in [0.3, 0.4) is 0 Å². The molecule has 0 aliphatic rings. The number of aromatic nitrogens is 1. The molecule has 0 spiro atoms. The lowest BCUT2D eigenvalue weighted by Gasteiger charge is -1.90. The molecule has 0 radical (unpaired) electrons. The summed E-state index contributed by atoms with van der Waals surface area (Å²) in [4.78, 5) is 3.71. The lowest BCUT2D eigenvalue weighted by atomic mass is 10.3. The second-order valence-electron chi connectivity index (χ2n) is 1.71. The second kappa shape index (κ2) is 5.68. The molecule has 0 fully saturated rings. The summed E-state index contributed by atoms with van der Waals surface area (Å²) in [7, 11) is 0. The lowest BCUT2D eigenvalue weighted by Crippen LogP contribution is -1.91. The summed E-state index contributed by atoms with van der Waals surface area (Å²) in [6.45, 7) is 0. The minimum absolute atomic E-state index is 0.292. The molecule has 0 unspecified atom stereocenters. The molecule has 12 heavy (non-hydrogen) atoms. The smallest absolute Gasteiger partial charge is 0.141 e. The Balaban J connectivity index is 0.000000354. The first-order valence-corrected chi connectivity index (χ1v) is 3.07. The molecule has 0 atom stereocenters. The molecule has 0 bridgehead atoms. The van der Waals surface area contributed by atoms with E-state index in [0.717, 1.165) is 6.34 Å². The van der Waals surface area contributed by atoms with Crippen molar-refractivity contribution in [2.24, 2.45) is 5.73 Å². The standard InChI is InChI=1S/C6H5N3.CH4N2/c7-4-5-2-1-3-9-6(5)8;2-1-3/h1-3H,(H2,8,9);1H,(H3,2,3). The van der Waals surface area contributed by atoms with Crippen LogP contribution in [0.5, 0.6) is 0 Å².